The van der Waals surface area contributed by atoms with Crippen molar-refractivity contribution in [2.75, 3.05) is 32.8 Å². The van der Waals surface area contributed by atoms with Crippen LogP contribution in [0, 0.1) is 0 Å². The molecule has 0 aromatic carbocycles. The Balaban J connectivity index is 0.00000192. The van der Waals surface area contributed by atoms with Crippen LogP contribution in [0.2, 0.25) is 0 Å². The van der Waals surface area contributed by atoms with Crippen LogP contribution in [0.1, 0.15) is 64.2 Å². The fraction of sp³-hybridized carbons (Fsp3) is 0.944. The van der Waals surface area contributed by atoms with E-state index >= 15 is 0 Å². The molecule has 134 valence electrons. The number of halogens is 1. The van der Waals surface area contributed by atoms with Crippen LogP contribution >= 0.6 is 12.4 Å². The molecule has 0 unspecified atom stereocenters. The SMILES string of the molecule is Cl.O=C(CN1CCOCC1)N(C1CCCCC1)C1CCCCC1. The van der Waals surface area contributed by atoms with Crippen LogP contribution in [-0.4, -0.2) is 60.6 Å². The molecule has 0 N–H and O–H groups in total. The number of morpholine rings is 1. The third-order valence-corrected chi connectivity index (χ3v) is 5.69. The molecule has 0 bridgehead atoms. The Bertz CT molecular complexity index is 331. The lowest BCUT2D eigenvalue weighted by Gasteiger charge is -2.42. The number of carbonyl (C=O) groups is 1. The molecule has 3 aliphatic rings. The third-order valence-electron chi connectivity index (χ3n) is 5.69. The first-order valence-corrected chi connectivity index (χ1v) is 9.46. The minimum Gasteiger partial charge on any atom is -0.379 e. The van der Waals surface area contributed by atoms with Gasteiger partial charge in [0, 0.05) is 25.2 Å². The van der Waals surface area contributed by atoms with E-state index in [-0.39, 0.29) is 12.4 Å². The van der Waals surface area contributed by atoms with Crippen LogP contribution in [0.25, 0.3) is 0 Å². The average molecular weight is 345 g/mol. The molecule has 1 aliphatic heterocycles. The lowest BCUT2D eigenvalue weighted by atomic mass is 9.88. The van der Waals surface area contributed by atoms with Gasteiger partial charge in [0.2, 0.25) is 5.91 Å². The molecule has 3 fully saturated rings. The van der Waals surface area contributed by atoms with Crippen molar-refractivity contribution in [1.29, 1.82) is 0 Å². The van der Waals surface area contributed by atoms with Gasteiger partial charge in [-0.15, -0.1) is 12.4 Å². The molecule has 4 nitrogen and oxygen atoms in total. The monoisotopic (exact) mass is 344 g/mol. The summed E-state index contributed by atoms with van der Waals surface area (Å²) in [6.45, 7) is 3.99. The molecule has 1 amide bonds. The maximum absolute atomic E-state index is 13.1. The molecule has 0 aromatic rings. The van der Waals surface area contributed by atoms with Gasteiger partial charge in [0.05, 0.1) is 19.8 Å². The fourth-order valence-corrected chi connectivity index (χ4v) is 4.46. The Hall–Kier alpha value is -0.320. The van der Waals surface area contributed by atoms with Crippen LogP contribution in [0.4, 0.5) is 0 Å². The molecule has 0 radical (unpaired) electrons. The number of hydrogen-bond acceptors (Lipinski definition) is 3. The first-order valence-electron chi connectivity index (χ1n) is 9.46. The topological polar surface area (TPSA) is 32.8 Å². The Morgan fingerprint density at radius 2 is 1.35 bits per heavy atom. The number of rotatable bonds is 4. The zero-order valence-corrected chi connectivity index (χ0v) is 15.2. The predicted octanol–water partition coefficient (Wildman–Crippen LogP) is 3.23. The van der Waals surface area contributed by atoms with Crippen LogP contribution in [0.3, 0.4) is 0 Å². The van der Waals surface area contributed by atoms with Gasteiger partial charge >= 0.3 is 0 Å². The Morgan fingerprint density at radius 1 is 0.870 bits per heavy atom. The zero-order chi connectivity index (χ0) is 15.2. The van der Waals surface area contributed by atoms with Gasteiger partial charge < -0.3 is 9.64 Å². The van der Waals surface area contributed by atoms with Crippen molar-refractivity contribution in [2.24, 2.45) is 0 Å². The molecule has 3 rings (SSSR count). The molecular formula is C18H33ClN2O2. The summed E-state index contributed by atoms with van der Waals surface area (Å²) in [5.74, 6) is 0.390. The fourth-order valence-electron chi connectivity index (χ4n) is 4.46. The van der Waals surface area contributed by atoms with Crippen molar-refractivity contribution < 1.29 is 9.53 Å². The van der Waals surface area contributed by atoms with Gasteiger partial charge in [-0.3, -0.25) is 9.69 Å². The van der Waals surface area contributed by atoms with Crippen LogP contribution in [-0.2, 0) is 9.53 Å². The zero-order valence-electron chi connectivity index (χ0n) is 14.4. The quantitative estimate of drug-likeness (QED) is 0.785. The average Bonchev–Trinajstić information content (AvgIpc) is 2.58. The normalized spacial score (nSPS) is 24.9. The van der Waals surface area contributed by atoms with Gasteiger partial charge in [-0.2, -0.15) is 0 Å². The molecule has 0 atom stereocenters. The van der Waals surface area contributed by atoms with Crippen LogP contribution in [0.5, 0.6) is 0 Å². The summed E-state index contributed by atoms with van der Waals surface area (Å²) in [7, 11) is 0. The van der Waals surface area contributed by atoms with Gasteiger partial charge in [-0.05, 0) is 25.7 Å². The first kappa shape index (κ1) is 19.0. The van der Waals surface area contributed by atoms with E-state index in [0.29, 0.717) is 24.5 Å². The summed E-state index contributed by atoms with van der Waals surface area (Å²) in [6.07, 6.45) is 12.8. The summed E-state index contributed by atoms with van der Waals surface area (Å²) < 4.78 is 5.41. The van der Waals surface area contributed by atoms with E-state index < -0.39 is 0 Å². The second-order valence-electron chi connectivity index (χ2n) is 7.27. The molecule has 1 saturated heterocycles. The van der Waals surface area contributed by atoms with Gasteiger partial charge in [0.25, 0.3) is 0 Å². The summed E-state index contributed by atoms with van der Waals surface area (Å²) in [5.41, 5.74) is 0. The molecule has 0 aromatic heterocycles. The van der Waals surface area contributed by atoms with Crippen LogP contribution in [0.15, 0.2) is 0 Å². The van der Waals surface area contributed by atoms with E-state index in [1.54, 1.807) is 0 Å². The first-order chi connectivity index (χ1) is 10.8. The standard InChI is InChI=1S/C18H32N2O2.ClH/c21-18(15-19-11-13-22-14-12-19)20(16-7-3-1-4-8-16)17-9-5-2-6-10-17;/h16-17H,1-15H2;1H. The van der Waals surface area contributed by atoms with Crippen molar-refractivity contribution in [2.45, 2.75) is 76.3 Å². The van der Waals surface area contributed by atoms with E-state index in [1.807, 2.05) is 0 Å². The minimum atomic E-state index is 0. The number of nitrogens with zero attached hydrogens (tertiary/aromatic N) is 2. The number of hydrogen-bond donors (Lipinski definition) is 0. The minimum absolute atomic E-state index is 0. The van der Waals surface area contributed by atoms with Crippen molar-refractivity contribution in [1.82, 2.24) is 9.80 Å². The second-order valence-corrected chi connectivity index (χ2v) is 7.27. The molecule has 0 spiro atoms. The summed E-state index contributed by atoms with van der Waals surface area (Å²) in [5, 5.41) is 0. The van der Waals surface area contributed by atoms with Crippen molar-refractivity contribution in [3.63, 3.8) is 0 Å². The Kier molecular flexibility index (Phi) is 8.14. The smallest absolute Gasteiger partial charge is 0.237 e. The summed E-state index contributed by atoms with van der Waals surface area (Å²) in [6, 6.07) is 1.04. The lowest BCUT2D eigenvalue weighted by molar-refractivity contribution is -0.140. The summed E-state index contributed by atoms with van der Waals surface area (Å²) in [4.78, 5) is 17.7. The Labute approximate surface area is 147 Å². The van der Waals surface area contributed by atoms with Gasteiger partial charge in [-0.25, -0.2) is 0 Å². The molecule has 5 heteroatoms. The predicted molar refractivity (Wildman–Crippen MR) is 95.1 cm³/mol. The van der Waals surface area contributed by atoms with E-state index in [4.69, 9.17) is 4.74 Å². The van der Waals surface area contributed by atoms with E-state index in [2.05, 4.69) is 9.80 Å². The van der Waals surface area contributed by atoms with Gasteiger partial charge in [0.15, 0.2) is 0 Å². The molecule has 23 heavy (non-hydrogen) atoms. The number of carbonyl (C=O) groups excluding carboxylic acids is 1. The highest BCUT2D eigenvalue weighted by Gasteiger charge is 2.33. The molecule has 2 saturated carbocycles. The number of ether oxygens (including phenoxy) is 1. The maximum atomic E-state index is 13.1. The van der Waals surface area contributed by atoms with Crippen molar-refractivity contribution in [3.8, 4) is 0 Å². The van der Waals surface area contributed by atoms with E-state index in [0.717, 1.165) is 26.3 Å². The van der Waals surface area contributed by atoms with Gasteiger partial charge in [0.1, 0.15) is 0 Å². The van der Waals surface area contributed by atoms with Crippen molar-refractivity contribution in [3.05, 3.63) is 0 Å². The van der Waals surface area contributed by atoms with E-state index in [9.17, 15) is 4.79 Å². The highest BCUT2D eigenvalue weighted by Crippen LogP contribution is 2.30. The van der Waals surface area contributed by atoms with Crippen molar-refractivity contribution >= 4 is 18.3 Å². The third kappa shape index (κ3) is 5.33. The molecular weight excluding hydrogens is 312 g/mol. The highest BCUT2D eigenvalue weighted by molar-refractivity contribution is 5.85. The number of amides is 1. The van der Waals surface area contributed by atoms with Gasteiger partial charge in [-0.1, -0.05) is 38.5 Å². The largest absolute Gasteiger partial charge is 0.379 e. The second kappa shape index (κ2) is 9.85. The van der Waals surface area contributed by atoms with Crippen LogP contribution < -0.4 is 0 Å². The lowest BCUT2D eigenvalue weighted by Crippen LogP contribution is -2.53. The highest BCUT2D eigenvalue weighted by atomic mass is 35.5. The Morgan fingerprint density at radius 3 is 1.83 bits per heavy atom. The van der Waals surface area contributed by atoms with E-state index in [1.165, 1.54) is 64.2 Å². The molecule has 2 aliphatic carbocycles. The summed E-state index contributed by atoms with van der Waals surface area (Å²) >= 11 is 0. The molecule has 1 heterocycles. The maximum Gasteiger partial charge on any atom is 0.237 e.